The molecule has 1 aliphatic rings. The molecule has 0 radical (unpaired) electrons. The zero-order chi connectivity index (χ0) is 24.3. The number of aryl methyl sites for hydroxylation is 1. The summed E-state index contributed by atoms with van der Waals surface area (Å²) in [7, 11) is 7.71. The number of anilines is 1. The molecule has 34 heavy (non-hydrogen) atoms. The minimum atomic E-state index is -0.407. The van der Waals surface area contributed by atoms with Crippen molar-refractivity contribution in [2.24, 2.45) is 5.73 Å². The molecule has 0 saturated heterocycles. The number of fused-ring (bicyclic) bond motifs is 1. The first kappa shape index (κ1) is 23.9. The third-order valence-corrected chi connectivity index (χ3v) is 6.43. The van der Waals surface area contributed by atoms with Crippen LogP contribution in [0.15, 0.2) is 60.4 Å². The topological polar surface area (TPSA) is 106 Å². The summed E-state index contributed by atoms with van der Waals surface area (Å²) in [5.74, 6) is 1.18. The highest BCUT2D eigenvalue weighted by atomic mass is 16.5. The van der Waals surface area contributed by atoms with Gasteiger partial charge in [0.2, 0.25) is 5.95 Å². The second kappa shape index (κ2) is 9.92. The molecule has 3 aromatic heterocycles. The van der Waals surface area contributed by atoms with Crippen LogP contribution in [0.4, 0.5) is 5.95 Å². The van der Waals surface area contributed by atoms with Gasteiger partial charge in [0, 0.05) is 24.0 Å². The Morgan fingerprint density at radius 2 is 2.09 bits per heavy atom. The van der Waals surface area contributed by atoms with Crippen molar-refractivity contribution in [3.8, 4) is 11.3 Å². The molecule has 9 nitrogen and oxygen atoms in total. The van der Waals surface area contributed by atoms with Crippen LogP contribution >= 0.6 is 0 Å². The van der Waals surface area contributed by atoms with Crippen molar-refractivity contribution in [2.45, 2.75) is 31.3 Å². The number of nitrogens with zero attached hydrogens (tertiary/aromatic N) is 5. The standard InChI is InChI=1S/C25H34N8O/c1-6-17-15-28-24(31-23(17)18-16-29-33-11-8-7-9-20(18)33)30-19-13-22(26)25(27-2,10-12-32(3)4)14-21(19)34-5/h7-9,11,13-16,22,27H,6,10,12,26H2,1-5H3,(H,28,30,31). The predicted octanol–water partition coefficient (Wildman–Crippen LogP) is 2.43. The number of rotatable bonds is 9. The molecule has 4 N–H and O–H groups in total. The van der Waals surface area contributed by atoms with Gasteiger partial charge in [-0.3, -0.25) is 0 Å². The molecule has 0 fully saturated rings. The quantitative estimate of drug-likeness (QED) is 0.445. The molecule has 2 unspecified atom stereocenters. The average Bonchev–Trinajstić information content (AvgIpc) is 3.28. The van der Waals surface area contributed by atoms with Crippen LogP contribution in [0, 0.1) is 0 Å². The predicted molar refractivity (Wildman–Crippen MR) is 135 cm³/mol. The lowest BCUT2D eigenvalue weighted by Gasteiger charge is -2.39. The maximum atomic E-state index is 6.64. The van der Waals surface area contributed by atoms with Crippen LogP contribution in [0.2, 0.25) is 0 Å². The third kappa shape index (κ3) is 4.54. The fraction of sp³-hybridized carbons (Fsp3) is 0.400. The van der Waals surface area contributed by atoms with Gasteiger partial charge in [0.25, 0.3) is 0 Å². The van der Waals surface area contributed by atoms with Crippen molar-refractivity contribution < 1.29 is 4.74 Å². The lowest BCUT2D eigenvalue weighted by Crippen LogP contribution is -2.57. The molecular weight excluding hydrogens is 428 g/mol. The fourth-order valence-corrected chi connectivity index (χ4v) is 4.30. The normalized spacial score (nSPS) is 20.4. The van der Waals surface area contributed by atoms with E-state index in [0.29, 0.717) is 11.7 Å². The summed E-state index contributed by atoms with van der Waals surface area (Å²) in [6.07, 6.45) is 11.3. The minimum Gasteiger partial charge on any atom is -0.495 e. The van der Waals surface area contributed by atoms with Crippen molar-refractivity contribution in [1.82, 2.24) is 29.8 Å². The molecule has 0 amide bonds. The number of hydrogen-bond acceptors (Lipinski definition) is 8. The molecule has 3 aromatic rings. The first-order valence-electron chi connectivity index (χ1n) is 11.5. The smallest absolute Gasteiger partial charge is 0.227 e. The van der Waals surface area contributed by atoms with E-state index in [9.17, 15) is 0 Å². The highest BCUT2D eigenvalue weighted by Crippen LogP contribution is 2.31. The summed E-state index contributed by atoms with van der Waals surface area (Å²) in [4.78, 5) is 11.6. The Kier molecular flexibility index (Phi) is 6.97. The van der Waals surface area contributed by atoms with Crippen molar-refractivity contribution in [3.05, 3.63) is 66.0 Å². The number of nitrogens with two attached hydrogens (primary N) is 1. The van der Waals surface area contributed by atoms with Gasteiger partial charge in [0.05, 0.1) is 35.8 Å². The van der Waals surface area contributed by atoms with E-state index >= 15 is 0 Å². The van der Waals surface area contributed by atoms with Crippen LogP contribution in [-0.2, 0) is 11.2 Å². The largest absolute Gasteiger partial charge is 0.495 e. The second-order valence-corrected chi connectivity index (χ2v) is 8.80. The van der Waals surface area contributed by atoms with Crippen molar-refractivity contribution in [3.63, 3.8) is 0 Å². The van der Waals surface area contributed by atoms with Crippen molar-refractivity contribution in [2.75, 3.05) is 40.1 Å². The average molecular weight is 463 g/mol. The molecule has 0 aliphatic heterocycles. The maximum absolute atomic E-state index is 6.64. The van der Waals surface area contributed by atoms with Crippen molar-refractivity contribution >= 4 is 11.5 Å². The van der Waals surface area contributed by atoms with Gasteiger partial charge >= 0.3 is 0 Å². The van der Waals surface area contributed by atoms with E-state index < -0.39 is 5.54 Å². The summed E-state index contributed by atoms with van der Waals surface area (Å²) in [6.45, 7) is 2.99. The van der Waals surface area contributed by atoms with Crippen LogP contribution in [0.1, 0.15) is 18.9 Å². The number of nitrogens with one attached hydrogen (secondary N) is 2. The van der Waals surface area contributed by atoms with Gasteiger partial charge in [-0.15, -0.1) is 0 Å². The van der Waals surface area contributed by atoms with Gasteiger partial charge in [0.1, 0.15) is 5.76 Å². The molecule has 0 saturated carbocycles. The molecule has 0 aromatic carbocycles. The molecule has 0 spiro atoms. The van der Waals surface area contributed by atoms with Gasteiger partial charge in [0.15, 0.2) is 0 Å². The number of hydrogen-bond donors (Lipinski definition) is 3. The van der Waals surface area contributed by atoms with Gasteiger partial charge in [-0.2, -0.15) is 5.10 Å². The molecule has 3 heterocycles. The van der Waals surface area contributed by atoms with E-state index in [1.807, 2.05) is 54.4 Å². The number of methoxy groups -OCH3 is 1. The maximum Gasteiger partial charge on any atom is 0.227 e. The minimum absolute atomic E-state index is 0.257. The Hall–Kier alpha value is -3.27. The SMILES string of the molecule is CCc1cnc(NC2=CC(N)C(CCN(C)C)(NC)C=C2OC)nc1-c1cnn2ccccc12. The molecule has 4 rings (SSSR count). The number of ether oxygens (including phenoxy) is 1. The zero-order valence-electron chi connectivity index (χ0n) is 20.5. The van der Waals surface area contributed by atoms with Crippen LogP contribution in [0.25, 0.3) is 16.8 Å². The van der Waals surface area contributed by atoms with Gasteiger partial charge < -0.3 is 26.0 Å². The van der Waals surface area contributed by atoms with Crippen LogP contribution in [0.3, 0.4) is 0 Å². The van der Waals surface area contributed by atoms with E-state index in [1.165, 1.54) is 0 Å². The second-order valence-electron chi connectivity index (χ2n) is 8.80. The Morgan fingerprint density at radius 3 is 2.79 bits per heavy atom. The first-order valence-corrected chi connectivity index (χ1v) is 11.5. The highest BCUT2D eigenvalue weighted by Gasteiger charge is 2.37. The number of likely N-dealkylation sites (N-methyl/N-ethyl adjacent to an activating group) is 1. The summed E-state index contributed by atoms with van der Waals surface area (Å²) in [5, 5.41) is 11.2. The lowest BCUT2D eigenvalue weighted by atomic mass is 9.82. The van der Waals surface area contributed by atoms with E-state index in [2.05, 4.69) is 52.7 Å². The fourth-order valence-electron chi connectivity index (χ4n) is 4.30. The van der Waals surface area contributed by atoms with Crippen LogP contribution in [0.5, 0.6) is 0 Å². The Morgan fingerprint density at radius 1 is 1.26 bits per heavy atom. The summed E-state index contributed by atoms with van der Waals surface area (Å²) in [5.41, 5.74) is 10.9. The monoisotopic (exact) mass is 462 g/mol. The summed E-state index contributed by atoms with van der Waals surface area (Å²) < 4.78 is 7.60. The van der Waals surface area contributed by atoms with Crippen LogP contribution in [-0.4, -0.2) is 70.9 Å². The Balaban J connectivity index is 1.67. The molecular formula is C25H34N8O. The van der Waals surface area contributed by atoms with E-state index in [0.717, 1.165) is 47.4 Å². The Bertz CT molecular complexity index is 1210. The molecule has 0 bridgehead atoms. The zero-order valence-corrected chi connectivity index (χ0v) is 20.5. The third-order valence-electron chi connectivity index (χ3n) is 6.43. The van der Waals surface area contributed by atoms with E-state index in [1.54, 1.807) is 7.11 Å². The molecule has 180 valence electrons. The molecule has 2 atom stereocenters. The van der Waals surface area contributed by atoms with E-state index in [4.69, 9.17) is 15.5 Å². The Labute approximate surface area is 200 Å². The van der Waals surface area contributed by atoms with E-state index in [-0.39, 0.29) is 6.04 Å². The summed E-state index contributed by atoms with van der Waals surface area (Å²) in [6, 6.07) is 5.74. The summed E-state index contributed by atoms with van der Waals surface area (Å²) >= 11 is 0. The number of pyridine rings is 1. The van der Waals surface area contributed by atoms with Gasteiger partial charge in [-0.1, -0.05) is 13.0 Å². The number of aromatic nitrogens is 4. The van der Waals surface area contributed by atoms with Gasteiger partial charge in [-0.05, 0) is 70.4 Å². The van der Waals surface area contributed by atoms with Crippen molar-refractivity contribution in [1.29, 1.82) is 0 Å². The van der Waals surface area contributed by atoms with Gasteiger partial charge in [-0.25, -0.2) is 14.5 Å². The molecule has 9 heteroatoms. The highest BCUT2D eigenvalue weighted by molar-refractivity contribution is 5.79. The molecule has 1 aliphatic carbocycles. The lowest BCUT2D eigenvalue weighted by molar-refractivity contribution is 0.260. The van der Waals surface area contributed by atoms with Crippen LogP contribution < -0.4 is 16.4 Å². The first-order chi connectivity index (χ1) is 16.4.